The van der Waals surface area contributed by atoms with E-state index in [0.29, 0.717) is 22.6 Å². The fourth-order valence-electron chi connectivity index (χ4n) is 3.06. The lowest BCUT2D eigenvalue weighted by atomic mass is 9.99. The normalized spacial score (nSPS) is 18.1. The van der Waals surface area contributed by atoms with Crippen molar-refractivity contribution in [3.8, 4) is 5.75 Å². The molecule has 0 spiro atoms. The lowest BCUT2D eigenvalue weighted by Gasteiger charge is -2.19. The lowest BCUT2D eigenvalue weighted by Crippen LogP contribution is -2.08. The number of rotatable bonds is 2. The molecule has 28 heavy (non-hydrogen) atoms. The van der Waals surface area contributed by atoms with Crippen LogP contribution >= 0.6 is 11.3 Å². The first-order chi connectivity index (χ1) is 13.7. The summed E-state index contributed by atoms with van der Waals surface area (Å²) in [7, 11) is 0. The summed E-state index contributed by atoms with van der Waals surface area (Å²) in [4.78, 5) is 17.9. The van der Waals surface area contributed by atoms with Crippen LogP contribution in [0.5, 0.6) is 5.75 Å². The number of cyclic esters (lactones) is 1. The number of aliphatic imine (C=N–C) groups is 1. The molecule has 0 radical (unpaired) electrons. The third-order valence-electron chi connectivity index (χ3n) is 4.38. The van der Waals surface area contributed by atoms with Crippen LogP contribution in [0.3, 0.4) is 0 Å². The first-order valence-corrected chi connectivity index (χ1v) is 9.41. The Hall–Kier alpha value is -3.51. The SMILES string of the molecule is O=C1OC(c2ccc(F)cc2)=NC1=C1C=C(c2cccs2)Oc2ccccc21. The van der Waals surface area contributed by atoms with Gasteiger partial charge >= 0.3 is 5.97 Å². The summed E-state index contributed by atoms with van der Waals surface area (Å²) in [6, 6.07) is 17.0. The number of halogens is 1. The summed E-state index contributed by atoms with van der Waals surface area (Å²) in [5, 5.41) is 1.96. The number of thiophene rings is 1. The van der Waals surface area contributed by atoms with E-state index in [0.717, 1.165) is 10.4 Å². The van der Waals surface area contributed by atoms with E-state index < -0.39 is 5.97 Å². The summed E-state index contributed by atoms with van der Waals surface area (Å²) in [6.07, 6.45) is 1.81. The Kier molecular flexibility index (Phi) is 3.91. The molecule has 0 N–H and O–H groups in total. The molecule has 0 aliphatic carbocycles. The molecule has 0 saturated carbocycles. The first-order valence-electron chi connectivity index (χ1n) is 8.53. The molecule has 136 valence electrons. The smallest absolute Gasteiger partial charge is 0.364 e. The molecule has 4 nitrogen and oxygen atoms in total. The van der Waals surface area contributed by atoms with Gasteiger partial charge in [-0.05, 0) is 47.9 Å². The van der Waals surface area contributed by atoms with E-state index in [1.54, 1.807) is 11.3 Å². The topological polar surface area (TPSA) is 47.9 Å². The molecular formula is C22H12FNO3S. The van der Waals surface area contributed by atoms with Gasteiger partial charge in [0.1, 0.15) is 17.3 Å². The second-order valence-electron chi connectivity index (χ2n) is 6.16. The maximum absolute atomic E-state index is 13.2. The van der Waals surface area contributed by atoms with E-state index in [-0.39, 0.29) is 17.4 Å². The number of esters is 1. The van der Waals surface area contributed by atoms with E-state index in [4.69, 9.17) is 9.47 Å². The average Bonchev–Trinajstić information content (AvgIpc) is 3.38. The van der Waals surface area contributed by atoms with Crippen LogP contribution in [0.25, 0.3) is 11.3 Å². The quantitative estimate of drug-likeness (QED) is 0.456. The van der Waals surface area contributed by atoms with Crippen molar-refractivity contribution in [2.75, 3.05) is 0 Å². The monoisotopic (exact) mass is 389 g/mol. The third kappa shape index (κ3) is 2.84. The molecule has 0 unspecified atom stereocenters. The Morgan fingerprint density at radius 3 is 2.54 bits per heavy atom. The number of carbonyl (C=O) groups is 1. The Balaban J connectivity index is 1.67. The summed E-state index contributed by atoms with van der Waals surface area (Å²) >= 11 is 1.54. The van der Waals surface area contributed by atoms with Gasteiger partial charge < -0.3 is 9.47 Å². The molecule has 5 rings (SSSR count). The van der Waals surface area contributed by atoms with Crippen molar-refractivity contribution in [3.05, 3.63) is 99.6 Å². The van der Waals surface area contributed by atoms with Gasteiger partial charge in [0, 0.05) is 16.7 Å². The highest BCUT2D eigenvalue weighted by Gasteiger charge is 2.30. The molecular weight excluding hydrogens is 377 g/mol. The standard InChI is InChI=1S/C22H12FNO3S/c23-14-9-7-13(8-10-14)21-24-20(22(25)27-21)16-12-18(19-6-3-11-28-19)26-17-5-2-1-4-15(16)17/h1-12H. The van der Waals surface area contributed by atoms with Gasteiger partial charge in [-0.25, -0.2) is 14.2 Å². The molecule has 0 fully saturated rings. The van der Waals surface area contributed by atoms with Gasteiger partial charge in [0.25, 0.3) is 0 Å². The zero-order chi connectivity index (χ0) is 19.1. The number of hydrogen-bond acceptors (Lipinski definition) is 5. The van der Waals surface area contributed by atoms with Gasteiger partial charge in [-0.2, -0.15) is 0 Å². The Bertz CT molecular complexity index is 1170. The van der Waals surface area contributed by atoms with Crippen LogP contribution in [0.1, 0.15) is 16.0 Å². The molecule has 6 heteroatoms. The Labute approximate surface area is 163 Å². The van der Waals surface area contributed by atoms with E-state index in [1.165, 1.54) is 24.3 Å². The Morgan fingerprint density at radius 2 is 1.75 bits per heavy atom. The second kappa shape index (κ2) is 6.58. The fraction of sp³-hybridized carbons (Fsp3) is 0. The van der Waals surface area contributed by atoms with Crippen LogP contribution in [0.2, 0.25) is 0 Å². The highest BCUT2D eigenvalue weighted by Crippen LogP contribution is 2.40. The number of hydrogen-bond donors (Lipinski definition) is 0. The largest absolute Gasteiger partial charge is 0.455 e. The van der Waals surface area contributed by atoms with E-state index in [1.807, 2.05) is 47.9 Å². The highest BCUT2D eigenvalue weighted by molar-refractivity contribution is 7.11. The molecule has 0 saturated heterocycles. The summed E-state index contributed by atoms with van der Waals surface area (Å²) < 4.78 is 24.6. The van der Waals surface area contributed by atoms with Crippen LogP contribution in [-0.4, -0.2) is 11.9 Å². The molecule has 3 heterocycles. The molecule has 0 amide bonds. The number of nitrogens with zero attached hydrogens (tertiary/aromatic N) is 1. The molecule has 2 aliphatic heterocycles. The first kappa shape index (κ1) is 16.6. The zero-order valence-corrected chi connectivity index (χ0v) is 15.2. The van der Waals surface area contributed by atoms with E-state index in [9.17, 15) is 9.18 Å². The van der Waals surface area contributed by atoms with E-state index >= 15 is 0 Å². The van der Waals surface area contributed by atoms with Gasteiger partial charge in [-0.1, -0.05) is 24.3 Å². The minimum atomic E-state index is -0.548. The van der Waals surface area contributed by atoms with Crippen molar-refractivity contribution in [3.63, 3.8) is 0 Å². The van der Waals surface area contributed by atoms with Gasteiger partial charge in [0.05, 0.1) is 4.88 Å². The van der Waals surface area contributed by atoms with Gasteiger partial charge in [0.15, 0.2) is 5.70 Å². The van der Waals surface area contributed by atoms with Gasteiger partial charge in [0.2, 0.25) is 5.90 Å². The maximum atomic E-state index is 13.2. The molecule has 3 aromatic rings. The number of allylic oxidation sites excluding steroid dienone is 2. The zero-order valence-electron chi connectivity index (χ0n) is 14.4. The lowest BCUT2D eigenvalue weighted by molar-refractivity contribution is -0.129. The number of carbonyl (C=O) groups excluding carboxylic acids is 1. The van der Waals surface area contributed by atoms with Gasteiger partial charge in [-0.3, -0.25) is 0 Å². The highest BCUT2D eigenvalue weighted by atomic mass is 32.1. The minimum Gasteiger partial charge on any atom is -0.455 e. The number of ether oxygens (including phenoxy) is 2. The fourth-order valence-corrected chi connectivity index (χ4v) is 3.74. The molecule has 2 aromatic carbocycles. The summed E-state index contributed by atoms with van der Waals surface area (Å²) in [5.74, 6) is 0.535. The second-order valence-corrected chi connectivity index (χ2v) is 7.11. The number of para-hydroxylation sites is 1. The summed E-state index contributed by atoms with van der Waals surface area (Å²) in [6.45, 7) is 0. The Morgan fingerprint density at radius 1 is 0.929 bits per heavy atom. The molecule has 0 atom stereocenters. The van der Waals surface area contributed by atoms with Gasteiger partial charge in [-0.15, -0.1) is 11.3 Å². The van der Waals surface area contributed by atoms with Crippen LogP contribution in [0, 0.1) is 5.82 Å². The van der Waals surface area contributed by atoms with E-state index in [2.05, 4.69) is 4.99 Å². The van der Waals surface area contributed by atoms with Crippen molar-refractivity contribution in [1.82, 2.24) is 0 Å². The van der Waals surface area contributed by atoms with Crippen LogP contribution < -0.4 is 4.74 Å². The summed E-state index contributed by atoms with van der Waals surface area (Å²) in [5.41, 5.74) is 2.13. The predicted molar refractivity (Wildman–Crippen MR) is 105 cm³/mol. The predicted octanol–water partition coefficient (Wildman–Crippen LogP) is 5.04. The van der Waals surface area contributed by atoms with Crippen molar-refractivity contribution < 1.29 is 18.7 Å². The molecule has 2 aliphatic rings. The molecule has 1 aromatic heterocycles. The maximum Gasteiger partial charge on any atom is 0.364 e. The van der Waals surface area contributed by atoms with Crippen molar-refractivity contribution in [2.45, 2.75) is 0 Å². The molecule has 0 bridgehead atoms. The van der Waals surface area contributed by atoms with Crippen LogP contribution in [-0.2, 0) is 9.53 Å². The third-order valence-corrected chi connectivity index (χ3v) is 5.26. The van der Waals surface area contributed by atoms with Crippen molar-refractivity contribution in [1.29, 1.82) is 0 Å². The van der Waals surface area contributed by atoms with Crippen LogP contribution in [0.15, 0.2) is 82.8 Å². The van der Waals surface area contributed by atoms with Crippen LogP contribution in [0.4, 0.5) is 4.39 Å². The van der Waals surface area contributed by atoms with Crippen molar-refractivity contribution >= 4 is 34.5 Å². The minimum absolute atomic E-state index is 0.155. The number of fused-ring (bicyclic) bond motifs is 1. The number of benzene rings is 2. The van der Waals surface area contributed by atoms with Crippen molar-refractivity contribution in [2.24, 2.45) is 4.99 Å². The average molecular weight is 389 g/mol.